The molecule has 1 heterocycles. The Morgan fingerprint density at radius 1 is 1.30 bits per heavy atom. The molecule has 0 fully saturated rings. The molecule has 1 aliphatic carbocycles. The van der Waals surface area contributed by atoms with E-state index in [4.69, 9.17) is 4.74 Å². The minimum Gasteiger partial charge on any atom is -0.497 e. The van der Waals surface area contributed by atoms with E-state index in [1.807, 2.05) is 0 Å². The van der Waals surface area contributed by atoms with Crippen molar-refractivity contribution in [3.63, 3.8) is 0 Å². The number of anilines is 2. The first kappa shape index (κ1) is 21.8. The van der Waals surface area contributed by atoms with Crippen molar-refractivity contribution in [1.29, 1.82) is 5.26 Å². The average Bonchev–Trinajstić information content (AvgIpc) is 3.03. The second kappa shape index (κ2) is 9.74. The molecule has 0 bridgehead atoms. The van der Waals surface area contributed by atoms with Crippen molar-refractivity contribution >= 4 is 33.8 Å². The molecule has 0 saturated heterocycles. The largest absolute Gasteiger partial charge is 0.497 e. The van der Waals surface area contributed by atoms with E-state index < -0.39 is 0 Å². The van der Waals surface area contributed by atoms with Gasteiger partial charge in [-0.25, -0.2) is 0 Å². The van der Waals surface area contributed by atoms with E-state index in [1.165, 1.54) is 16.2 Å². The number of hydrogen-bond acceptors (Lipinski definition) is 6. The number of rotatable bonds is 7. The molecule has 2 aromatic rings. The first-order valence-corrected chi connectivity index (χ1v) is 10.7. The van der Waals surface area contributed by atoms with Crippen LogP contribution in [0.15, 0.2) is 24.3 Å². The Hall–Kier alpha value is -2.89. The van der Waals surface area contributed by atoms with Crippen LogP contribution in [0.2, 0.25) is 0 Å². The van der Waals surface area contributed by atoms with Gasteiger partial charge >= 0.3 is 0 Å². The molecule has 0 radical (unpaired) electrons. The molecule has 3 rings (SSSR count). The summed E-state index contributed by atoms with van der Waals surface area (Å²) in [5, 5.41) is 15.8. The Balaban J connectivity index is 1.55. The minimum atomic E-state index is -0.241. The number of ether oxygens (including phenoxy) is 1. The third-order valence-electron chi connectivity index (χ3n) is 5.06. The fourth-order valence-electron chi connectivity index (χ4n) is 3.57. The standard InChI is InChI=1S/C22H26N4O3S/c1-14-7-8-17-18(11-23)22(30-19(17)9-14)25-21(28)13-26(2)12-20(27)24-15-5-4-6-16(10-15)29-3/h4-6,10,14H,7-9,12-13H2,1-3H3,(H,24,27)(H,25,28)/t14-/m0/s1. The highest BCUT2D eigenvalue weighted by molar-refractivity contribution is 7.16. The number of nitrogens with one attached hydrogen (secondary N) is 2. The van der Waals surface area contributed by atoms with Gasteiger partial charge in [0.15, 0.2) is 0 Å². The molecule has 2 N–H and O–H groups in total. The average molecular weight is 427 g/mol. The van der Waals surface area contributed by atoms with Crippen LogP contribution in [0, 0.1) is 17.2 Å². The summed E-state index contributed by atoms with van der Waals surface area (Å²) in [7, 11) is 3.27. The van der Waals surface area contributed by atoms with Gasteiger partial charge in [-0.15, -0.1) is 11.3 Å². The molecule has 0 unspecified atom stereocenters. The minimum absolute atomic E-state index is 0.0510. The summed E-state index contributed by atoms with van der Waals surface area (Å²) < 4.78 is 5.15. The number of methoxy groups -OCH3 is 1. The van der Waals surface area contributed by atoms with Crippen molar-refractivity contribution in [3.05, 3.63) is 40.3 Å². The number of benzene rings is 1. The number of carbonyl (C=O) groups is 2. The van der Waals surface area contributed by atoms with E-state index in [0.717, 1.165) is 24.8 Å². The van der Waals surface area contributed by atoms with Crippen LogP contribution in [0.25, 0.3) is 0 Å². The monoisotopic (exact) mass is 426 g/mol. The first-order valence-electron chi connectivity index (χ1n) is 9.86. The topological polar surface area (TPSA) is 94.5 Å². The van der Waals surface area contributed by atoms with Crippen LogP contribution in [-0.4, -0.2) is 44.0 Å². The van der Waals surface area contributed by atoms with Gasteiger partial charge in [-0.3, -0.25) is 14.5 Å². The number of carbonyl (C=O) groups excluding carboxylic acids is 2. The van der Waals surface area contributed by atoms with Crippen LogP contribution in [0.4, 0.5) is 10.7 Å². The highest BCUT2D eigenvalue weighted by Gasteiger charge is 2.25. The molecule has 2 amide bonds. The van der Waals surface area contributed by atoms with Crippen LogP contribution >= 0.6 is 11.3 Å². The van der Waals surface area contributed by atoms with Gasteiger partial charge in [0.1, 0.15) is 16.8 Å². The third-order valence-corrected chi connectivity index (χ3v) is 6.23. The van der Waals surface area contributed by atoms with Crippen LogP contribution < -0.4 is 15.4 Å². The van der Waals surface area contributed by atoms with Crippen LogP contribution in [0.1, 0.15) is 29.3 Å². The predicted octanol–water partition coefficient (Wildman–Crippen LogP) is 3.26. The molecule has 1 atom stereocenters. The second-order valence-electron chi connectivity index (χ2n) is 7.67. The Bertz CT molecular complexity index is 979. The zero-order valence-corrected chi connectivity index (χ0v) is 18.3. The molecular weight excluding hydrogens is 400 g/mol. The number of nitriles is 1. The third kappa shape index (κ3) is 5.38. The van der Waals surface area contributed by atoms with Crippen LogP contribution in [0.5, 0.6) is 5.75 Å². The molecule has 7 nitrogen and oxygen atoms in total. The summed E-state index contributed by atoms with van der Waals surface area (Å²) in [4.78, 5) is 27.6. The quantitative estimate of drug-likeness (QED) is 0.709. The van der Waals surface area contributed by atoms with Gasteiger partial charge in [-0.1, -0.05) is 13.0 Å². The molecule has 0 aliphatic heterocycles. The highest BCUT2D eigenvalue weighted by atomic mass is 32.1. The number of thiophene rings is 1. The highest BCUT2D eigenvalue weighted by Crippen LogP contribution is 2.39. The van der Waals surface area contributed by atoms with E-state index in [0.29, 0.717) is 27.9 Å². The van der Waals surface area contributed by atoms with Gasteiger partial charge in [0.05, 0.1) is 25.8 Å². The van der Waals surface area contributed by atoms with E-state index in [1.54, 1.807) is 43.3 Å². The van der Waals surface area contributed by atoms with Gasteiger partial charge in [-0.2, -0.15) is 5.26 Å². The lowest BCUT2D eigenvalue weighted by molar-refractivity contribution is -0.119. The van der Waals surface area contributed by atoms with E-state index in [9.17, 15) is 14.9 Å². The molecule has 8 heteroatoms. The molecule has 1 aromatic carbocycles. The molecule has 0 saturated carbocycles. The number of amides is 2. The maximum atomic E-state index is 12.5. The van der Waals surface area contributed by atoms with Gasteiger partial charge in [0.25, 0.3) is 0 Å². The molecule has 0 spiro atoms. The maximum absolute atomic E-state index is 12.5. The predicted molar refractivity (Wildman–Crippen MR) is 118 cm³/mol. The normalized spacial score (nSPS) is 15.2. The van der Waals surface area contributed by atoms with Gasteiger partial charge in [0.2, 0.25) is 11.8 Å². The lowest BCUT2D eigenvalue weighted by Gasteiger charge is -2.17. The van der Waals surface area contributed by atoms with Gasteiger partial charge in [-0.05, 0) is 49.9 Å². The first-order chi connectivity index (χ1) is 14.4. The molecular formula is C22H26N4O3S. The number of nitrogens with zero attached hydrogens (tertiary/aromatic N) is 2. The van der Waals surface area contributed by atoms with Crippen molar-refractivity contribution in [2.24, 2.45) is 5.92 Å². The Labute approximate surface area is 180 Å². The van der Waals surface area contributed by atoms with Crippen molar-refractivity contribution < 1.29 is 14.3 Å². The van der Waals surface area contributed by atoms with Gasteiger partial charge < -0.3 is 15.4 Å². The Kier molecular flexibility index (Phi) is 7.08. The zero-order valence-electron chi connectivity index (χ0n) is 17.4. The van der Waals surface area contributed by atoms with Crippen molar-refractivity contribution in [1.82, 2.24) is 4.90 Å². The summed E-state index contributed by atoms with van der Waals surface area (Å²) in [6.45, 7) is 2.32. The Morgan fingerprint density at radius 3 is 2.73 bits per heavy atom. The summed E-state index contributed by atoms with van der Waals surface area (Å²) >= 11 is 1.50. The fraction of sp³-hybridized carbons (Fsp3) is 0.409. The molecule has 1 aromatic heterocycles. The summed E-state index contributed by atoms with van der Waals surface area (Å²) in [5.74, 6) is 0.786. The Morgan fingerprint density at radius 2 is 2.03 bits per heavy atom. The molecule has 30 heavy (non-hydrogen) atoms. The number of fused-ring (bicyclic) bond motifs is 1. The maximum Gasteiger partial charge on any atom is 0.239 e. The second-order valence-corrected chi connectivity index (χ2v) is 8.77. The molecule has 158 valence electrons. The number of hydrogen-bond donors (Lipinski definition) is 2. The lowest BCUT2D eigenvalue weighted by atomic mass is 9.89. The lowest BCUT2D eigenvalue weighted by Crippen LogP contribution is -2.36. The smallest absolute Gasteiger partial charge is 0.239 e. The SMILES string of the molecule is COc1cccc(NC(=O)CN(C)CC(=O)Nc2sc3c(c2C#N)CC[C@H](C)C3)c1. The van der Waals surface area contributed by atoms with Crippen molar-refractivity contribution in [2.45, 2.75) is 26.2 Å². The van der Waals surface area contributed by atoms with Crippen molar-refractivity contribution in [3.8, 4) is 11.8 Å². The van der Waals surface area contributed by atoms with Gasteiger partial charge in [0, 0.05) is 16.6 Å². The van der Waals surface area contributed by atoms with Crippen molar-refractivity contribution in [2.75, 3.05) is 37.9 Å². The summed E-state index contributed by atoms with van der Waals surface area (Å²) in [6, 6.07) is 9.34. The zero-order chi connectivity index (χ0) is 21.7. The summed E-state index contributed by atoms with van der Waals surface area (Å²) in [6.07, 6.45) is 2.90. The molecule has 1 aliphatic rings. The van der Waals surface area contributed by atoms with E-state index >= 15 is 0 Å². The number of likely N-dealkylation sites (N-methyl/N-ethyl adjacent to an activating group) is 1. The fourth-order valence-corrected chi connectivity index (χ4v) is 4.95. The summed E-state index contributed by atoms with van der Waals surface area (Å²) in [5.41, 5.74) is 2.31. The van der Waals surface area contributed by atoms with Crippen LogP contribution in [-0.2, 0) is 22.4 Å². The van der Waals surface area contributed by atoms with E-state index in [-0.39, 0.29) is 24.9 Å². The van der Waals surface area contributed by atoms with E-state index in [2.05, 4.69) is 23.6 Å². The van der Waals surface area contributed by atoms with Crippen LogP contribution in [0.3, 0.4) is 0 Å².